The van der Waals surface area contributed by atoms with Crippen molar-refractivity contribution in [3.63, 3.8) is 0 Å². The van der Waals surface area contributed by atoms with Gasteiger partial charge in [0.05, 0.1) is 17.3 Å². The first-order chi connectivity index (χ1) is 9.88. The van der Waals surface area contributed by atoms with Crippen molar-refractivity contribution in [3.8, 4) is 0 Å². The highest BCUT2D eigenvalue weighted by Gasteiger charge is 2.36. The predicted octanol–water partition coefficient (Wildman–Crippen LogP) is 2.35. The summed E-state index contributed by atoms with van der Waals surface area (Å²) in [5.41, 5.74) is 2.48. The number of nitrogens with one attached hydrogen (secondary N) is 2. The van der Waals surface area contributed by atoms with Crippen LogP contribution in [0.25, 0.3) is 0 Å². The van der Waals surface area contributed by atoms with E-state index in [2.05, 4.69) is 10.6 Å². The van der Waals surface area contributed by atoms with Crippen LogP contribution in [0.15, 0.2) is 12.1 Å². The summed E-state index contributed by atoms with van der Waals surface area (Å²) in [5.74, 6) is -1.06. The van der Waals surface area contributed by atoms with E-state index in [0.29, 0.717) is 10.7 Å². The largest absolute Gasteiger partial charge is 0.480 e. The van der Waals surface area contributed by atoms with E-state index >= 15 is 0 Å². The Morgan fingerprint density at radius 2 is 2.05 bits per heavy atom. The highest BCUT2D eigenvalue weighted by atomic mass is 35.5. The summed E-state index contributed by atoms with van der Waals surface area (Å²) in [7, 11) is 0. The molecule has 2 rings (SSSR count). The van der Waals surface area contributed by atoms with E-state index in [-0.39, 0.29) is 18.4 Å². The first-order valence-corrected chi connectivity index (χ1v) is 7.29. The van der Waals surface area contributed by atoms with Crippen molar-refractivity contribution in [1.29, 1.82) is 0 Å². The number of hydrogen-bond donors (Lipinski definition) is 3. The Bertz CT molecular complexity index is 547. The molecule has 0 saturated heterocycles. The molecule has 0 aromatic heterocycles. The smallest absolute Gasteiger partial charge is 0.320 e. The van der Waals surface area contributed by atoms with Gasteiger partial charge in [0.2, 0.25) is 5.91 Å². The van der Waals surface area contributed by atoms with Crippen molar-refractivity contribution in [2.24, 2.45) is 5.92 Å². The third-order valence-electron chi connectivity index (χ3n) is 3.54. The van der Waals surface area contributed by atoms with Gasteiger partial charge in [-0.2, -0.15) is 0 Å². The van der Waals surface area contributed by atoms with Crippen LogP contribution in [-0.4, -0.2) is 29.6 Å². The van der Waals surface area contributed by atoms with Crippen LogP contribution in [0.5, 0.6) is 0 Å². The van der Waals surface area contributed by atoms with Crippen LogP contribution >= 0.6 is 11.6 Å². The molecule has 1 aromatic carbocycles. The van der Waals surface area contributed by atoms with Crippen LogP contribution in [0, 0.1) is 19.8 Å². The predicted molar refractivity (Wildman–Crippen MR) is 81.7 cm³/mol. The summed E-state index contributed by atoms with van der Waals surface area (Å²) >= 11 is 6.12. The van der Waals surface area contributed by atoms with Gasteiger partial charge in [0.15, 0.2) is 0 Å². The SMILES string of the molecule is Cc1cc(C)c(NC(=O)CNC(C(=O)O)C2CC2)c(Cl)c1. The number of carboxylic acids is 1. The number of carbonyl (C=O) groups is 2. The van der Waals surface area contributed by atoms with E-state index in [1.54, 1.807) is 6.07 Å². The number of benzene rings is 1. The maximum atomic E-state index is 11.9. The van der Waals surface area contributed by atoms with Crippen molar-refractivity contribution in [2.75, 3.05) is 11.9 Å². The minimum absolute atomic E-state index is 0.0445. The van der Waals surface area contributed by atoms with E-state index in [1.807, 2.05) is 19.9 Å². The van der Waals surface area contributed by atoms with Crippen LogP contribution in [0.4, 0.5) is 5.69 Å². The Morgan fingerprint density at radius 3 is 2.57 bits per heavy atom. The molecule has 1 aliphatic rings. The molecule has 1 fully saturated rings. The van der Waals surface area contributed by atoms with Gasteiger partial charge in [0.1, 0.15) is 6.04 Å². The summed E-state index contributed by atoms with van der Waals surface area (Å²) in [5, 5.41) is 15.1. The number of rotatable bonds is 6. The van der Waals surface area contributed by atoms with Crippen molar-refractivity contribution in [1.82, 2.24) is 5.32 Å². The van der Waals surface area contributed by atoms with Gasteiger partial charge in [-0.3, -0.25) is 14.9 Å². The molecule has 1 aliphatic carbocycles. The van der Waals surface area contributed by atoms with Crippen LogP contribution in [-0.2, 0) is 9.59 Å². The van der Waals surface area contributed by atoms with Gasteiger partial charge < -0.3 is 10.4 Å². The minimum Gasteiger partial charge on any atom is -0.480 e. The lowest BCUT2D eigenvalue weighted by atomic mass is 10.1. The summed E-state index contributed by atoms with van der Waals surface area (Å²) in [6.07, 6.45) is 1.79. The van der Waals surface area contributed by atoms with Gasteiger partial charge in [0.25, 0.3) is 0 Å². The quantitative estimate of drug-likeness (QED) is 0.753. The fourth-order valence-electron chi connectivity index (χ4n) is 2.35. The number of hydrogen-bond acceptors (Lipinski definition) is 3. The number of halogens is 1. The average Bonchev–Trinajstić information content (AvgIpc) is 3.18. The number of amides is 1. The molecule has 21 heavy (non-hydrogen) atoms. The lowest BCUT2D eigenvalue weighted by molar-refractivity contribution is -0.140. The number of carboxylic acid groups (broad SMARTS) is 1. The number of aryl methyl sites for hydroxylation is 2. The van der Waals surface area contributed by atoms with Crippen LogP contribution in [0.1, 0.15) is 24.0 Å². The molecule has 0 radical (unpaired) electrons. The van der Waals surface area contributed by atoms with E-state index < -0.39 is 12.0 Å². The molecule has 6 heteroatoms. The Balaban J connectivity index is 1.94. The summed E-state index contributed by atoms with van der Waals surface area (Å²) in [6.45, 7) is 3.75. The van der Waals surface area contributed by atoms with Crippen molar-refractivity contribution in [3.05, 3.63) is 28.3 Å². The monoisotopic (exact) mass is 310 g/mol. The van der Waals surface area contributed by atoms with Crippen molar-refractivity contribution >= 4 is 29.2 Å². The lowest BCUT2D eigenvalue weighted by Gasteiger charge is -2.15. The van der Waals surface area contributed by atoms with Crippen LogP contribution in [0.3, 0.4) is 0 Å². The second-order valence-corrected chi connectivity index (χ2v) is 5.93. The van der Waals surface area contributed by atoms with E-state index in [4.69, 9.17) is 16.7 Å². The number of aliphatic carboxylic acids is 1. The molecule has 1 unspecified atom stereocenters. The topological polar surface area (TPSA) is 78.4 Å². The molecule has 0 aliphatic heterocycles. The van der Waals surface area contributed by atoms with Crippen molar-refractivity contribution in [2.45, 2.75) is 32.7 Å². The van der Waals surface area contributed by atoms with Gasteiger partial charge in [0, 0.05) is 0 Å². The van der Waals surface area contributed by atoms with Crippen molar-refractivity contribution < 1.29 is 14.7 Å². The van der Waals surface area contributed by atoms with Gasteiger partial charge in [-0.05, 0) is 49.8 Å². The lowest BCUT2D eigenvalue weighted by Crippen LogP contribution is -2.42. The van der Waals surface area contributed by atoms with E-state index in [9.17, 15) is 9.59 Å². The molecule has 1 saturated carbocycles. The molecule has 5 nitrogen and oxygen atoms in total. The molecule has 3 N–H and O–H groups in total. The van der Waals surface area contributed by atoms with Gasteiger partial charge >= 0.3 is 5.97 Å². The zero-order chi connectivity index (χ0) is 15.6. The Kier molecular flexibility index (Phi) is 4.85. The first-order valence-electron chi connectivity index (χ1n) is 6.91. The molecule has 0 heterocycles. The second-order valence-electron chi connectivity index (χ2n) is 5.52. The fraction of sp³-hybridized carbons (Fsp3) is 0.467. The van der Waals surface area contributed by atoms with E-state index in [0.717, 1.165) is 24.0 Å². The summed E-state index contributed by atoms with van der Waals surface area (Å²) < 4.78 is 0. The number of carbonyl (C=O) groups excluding carboxylic acids is 1. The molecule has 1 amide bonds. The molecular weight excluding hydrogens is 292 g/mol. The molecular formula is C15H19ClN2O3. The highest BCUT2D eigenvalue weighted by molar-refractivity contribution is 6.34. The second kappa shape index (κ2) is 6.45. The molecule has 114 valence electrons. The molecule has 0 bridgehead atoms. The zero-order valence-corrected chi connectivity index (χ0v) is 12.8. The molecule has 0 spiro atoms. The Hall–Kier alpha value is -1.59. The van der Waals surface area contributed by atoms with Crippen LogP contribution < -0.4 is 10.6 Å². The average molecular weight is 311 g/mol. The first kappa shape index (κ1) is 15.8. The van der Waals surface area contributed by atoms with Crippen LogP contribution in [0.2, 0.25) is 5.02 Å². The fourth-order valence-corrected chi connectivity index (χ4v) is 2.71. The molecule has 1 atom stereocenters. The minimum atomic E-state index is -0.908. The van der Waals surface area contributed by atoms with Gasteiger partial charge in [-0.25, -0.2) is 0 Å². The van der Waals surface area contributed by atoms with E-state index in [1.165, 1.54) is 0 Å². The zero-order valence-electron chi connectivity index (χ0n) is 12.1. The standard InChI is InChI=1S/C15H19ClN2O3/c1-8-5-9(2)13(11(16)6-8)18-12(19)7-17-14(15(20)21)10-3-4-10/h5-6,10,14,17H,3-4,7H2,1-2H3,(H,18,19)(H,20,21). The molecule has 1 aromatic rings. The Morgan fingerprint density at radius 1 is 1.38 bits per heavy atom. The third kappa shape index (κ3) is 4.19. The van der Waals surface area contributed by atoms with Gasteiger partial charge in [-0.15, -0.1) is 0 Å². The summed E-state index contributed by atoms with van der Waals surface area (Å²) in [4.78, 5) is 23.0. The maximum Gasteiger partial charge on any atom is 0.320 e. The Labute approximate surface area is 128 Å². The highest BCUT2D eigenvalue weighted by Crippen LogP contribution is 2.32. The number of anilines is 1. The maximum absolute atomic E-state index is 11.9. The van der Waals surface area contributed by atoms with Gasteiger partial charge in [-0.1, -0.05) is 17.7 Å². The summed E-state index contributed by atoms with van der Waals surface area (Å²) in [6, 6.07) is 3.06. The normalized spacial score (nSPS) is 15.6. The third-order valence-corrected chi connectivity index (χ3v) is 3.84.